The van der Waals surface area contributed by atoms with Crippen molar-refractivity contribution < 1.29 is 47.8 Å². The van der Waals surface area contributed by atoms with E-state index in [1.54, 1.807) is 6.08 Å². The molecule has 0 saturated heterocycles. The molecule has 55 heavy (non-hydrogen) atoms. The molecule has 0 saturated carbocycles. The van der Waals surface area contributed by atoms with E-state index in [0.29, 0.717) is 12.8 Å². The van der Waals surface area contributed by atoms with Crippen molar-refractivity contribution in [3.8, 4) is 0 Å². The van der Waals surface area contributed by atoms with Gasteiger partial charge in [-0.15, -0.1) is 0 Å². The summed E-state index contributed by atoms with van der Waals surface area (Å²) in [6, 6.07) is 0. The summed E-state index contributed by atoms with van der Waals surface area (Å²) in [5.74, 6) is -1.09. The van der Waals surface area contributed by atoms with Crippen LogP contribution in [0.5, 0.6) is 0 Å². The monoisotopic (exact) mass is 792 g/mol. The summed E-state index contributed by atoms with van der Waals surface area (Å²) in [4.78, 5) is 34.9. The number of aliphatic hydroxyl groups is 2. The first-order chi connectivity index (χ1) is 26.7. The number of hydrogen-bond donors (Lipinski definition) is 3. The van der Waals surface area contributed by atoms with Gasteiger partial charge >= 0.3 is 19.8 Å². The highest BCUT2D eigenvalue weighted by Crippen LogP contribution is 2.43. The summed E-state index contributed by atoms with van der Waals surface area (Å²) in [7, 11) is -4.65. The molecule has 11 heteroatoms. The van der Waals surface area contributed by atoms with Gasteiger partial charge in [0.1, 0.15) is 12.7 Å². The highest BCUT2D eigenvalue weighted by Gasteiger charge is 2.27. The molecule has 3 unspecified atom stereocenters. The van der Waals surface area contributed by atoms with E-state index < -0.39 is 51.8 Å². The molecule has 0 radical (unpaired) electrons. The van der Waals surface area contributed by atoms with Gasteiger partial charge < -0.3 is 24.6 Å². The number of rotatable bonds is 37. The lowest BCUT2D eigenvalue weighted by Gasteiger charge is -2.20. The Morgan fingerprint density at radius 3 is 1.60 bits per heavy atom. The maximum atomic E-state index is 12.5. The van der Waals surface area contributed by atoms with Gasteiger partial charge in [0.15, 0.2) is 6.10 Å². The molecule has 0 fully saturated rings. The van der Waals surface area contributed by atoms with E-state index in [0.717, 1.165) is 57.8 Å². The molecule has 0 heterocycles. The van der Waals surface area contributed by atoms with Crippen LogP contribution in [0.2, 0.25) is 0 Å². The molecule has 3 atom stereocenters. The summed E-state index contributed by atoms with van der Waals surface area (Å²) in [5.41, 5.74) is 0. The van der Waals surface area contributed by atoms with Crippen molar-refractivity contribution in [1.29, 1.82) is 0 Å². The predicted octanol–water partition coefficient (Wildman–Crippen LogP) is 10.7. The van der Waals surface area contributed by atoms with Crippen molar-refractivity contribution in [2.75, 3.05) is 26.4 Å². The van der Waals surface area contributed by atoms with Gasteiger partial charge in [-0.05, 0) is 70.6 Å². The number of phosphoric ester groups is 1. The van der Waals surface area contributed by atoms with Crippen molar-refractivity contribution in [2.45, 2.75) is 154 Å². The van der Waals surface area contributed by atoms with Gasteiger partial charge in [0.05, 0.1) is 26.2 Å². The molecule has 0 rings (SSSR count). The molecular formula is C44H73O10P. The van der Waals surface area contributed by atoms with Crippen LogP contribution in [0.25, 0.3) is 0 Å². The molecule has 10 nitrogen and oxygen atoms in total. The van der Waals surface area contributed by atoms with Crippen LogP contribution in [0.15, 0.2) is 85.1 Å². The van der Waals surface area contributed by atoms with Gasteiger partial charge in [-0.1, -0.05) is 144 Å². The SMILES string of the molecule is CC/C=C\C/C=C\C/C=C\C/C=C\C/C=C\CC(=O)OC(COC(=O)CCCCCCCCC/C=C\C/C=C\CCCCC)COP(=O)(O)OCC(O)CO. The van der Waals surface area contributed by atoms with Crippen LogP contribution in [0.1, 0.15) is 142 Å². The van der Waals surface area contributed by atoms with Crippen molar-refractivity contribution in [3.63, 3.8) is 0 Å². The first-order valence-corrected chi connectivity index (χ1v) is 22.0. The van der Waals surface area contributed by atoms with E-state index in [1.807, 2.05) is 18.2 Å². The second-order valence-electron chi connectivity index (χ2n) is 13.3. The zero-order chi connectivity index (χ0) is 40.5. The Kier molecular flexibility index (Phi) is 37.3. The Morgan fingerprint density at radius 2 is 1.05 bits per heavy atom. The Balaban J connectivity index is 4.47. The standard InChI is InChI=1S/C44H73O10P/c1-3-5-7-9-11-13-15-17-19-20-22-23-25-27-29-31-33-35-43(47)51-39-42(40-53-55(49,50)52-38-41(46)37-45)54-44(48)36-34-32-30-28-26-24-21-18-16-14-12-10-8-6-4-2/h6,8,11-14,17-19,21,26,28,32,34,41-42,45-46H,3-5,7,9-10,15-16,20,22-25,27,29-31,33,35-40H2,1-2H3,(H,49,50)/b8-6-,13-11-,14-12-,19-17-,21-18-,28-26-,34-32-. The molecule has 314 valence electrons. The van der Waals surface area contributed by atoms with Crippen LogP contribution in [0, 0.1) is 0 Å². The molecule has 0 aliphatic heterocycles. The third kappa shape index (κ3) is 39.2. The fourth-order valence-electron chi connectivity index (χ4n) is 4.92. The van der Waals surface area contributed by atoms with Crippen LogP contribution >= 0.6 is 7.82 Å². The number of hydrogen-bond acceptors (Lipinski definition) is 9. The van der Waals surface area contributed by atoms with Gasteiger partial charge in [0.25, 0.3) is 0 Å². The van der Waals surface area contributed by atoms with E-state index in [9.17, 15) is 24.2 Å². The van der Waals surface area contributed by atoms with Crippen molar-refractivity contribution in [3.05, 3.63) is 85.1 Å². The number of allylic oxidation sites excluding steroid dienone is 13. The zero-order valence-electron chi connectivity index (χ0n) is 33.9. The maximum Gasteiger partial charge on any atom is 0.472 e. The third-order valence-electron chi connectivity index (χ3n) is 8.07. The van der Waals surface area contributed by atoms with E-state index in [-0.39, 0.29) is 19.4 Å². The maximum absolute atomic E-state index is 12.5. The lowest BCUT2D eigenvalue weighted by molar-refractivity contribution is -0.160. The van der Waals surface area contributed by atoms with E-state index >= 15 is 0 Å². The van der Waals surface area contributed by atoms with Crippen LogP contribution in [0.3, 0.4) is 0 Å². The molecule has 0 aliphatic carbocycles. The Labute approximate surface area is 332 Å². The molecule has 0 aromatic carbocycles. The lowest BCUT2D eigenvalue weighted by atomic mass is 10.1. The highest BCUT2D eigenvalue weighted by molar-refractivity contribution is 7.47. The smallest absolute Gasteiger partial charge is 0.462 e. The summed E-state index contributed by atoms with van der Waals surface area (Å²) in [5, 5.41) is 18.3. The van der Waals surface area contributed by atoms with E-state index in [2.05, 4.69) is 79.1 Å². The molecule has 3 N–H and O–H groups in total. The fourth-order valence-corrected chi connectivity index (χ4v) is 5.71. The van der Waals surface area contributed by atoms with Crippen molar-refractivity contribution >= 4 is 19.8 Å². The second-order valence-corrected chi connectivity index (χ2v) is 14.7. The minimum Gasteiger partial charge on any atom is -0.462 e. The summed E-state index contributed by atoms with van der Waals surface area (Å²) >= 11 is 0. The summed E-state index contributed by atoms with van der Waals surface area (Å²) in [6.45, 7) is 2.09. The Morgan fingerprint density at radius 1 is 0.582 bits per heavy atom. The van der Waals surface area contributed by atoms with Gasteiger partial charge in [0.2, 0.25) is 0 Å². The predicted molar refractivity (Wildman–Crippen MR) is 223 cm³/mol. The summed E-state index contributed by atoms with van der Waals surface area (Å²) in [6.07, 6.45) is 45.8. The van der Waals surface area contributed by atoms with Crippen LogP contribution in [0.4, 0.5) is 0 Å². The van der Waals surface area contributed by atoms with Gasteiger partial charge in [-0.25, -0.2) is 4.57 Å². The van der Waals surface area contributed by atoms with E-state index in [4.69, 9.17) is 19.1 Å². The molecule has 0 bridgehead atoms. The molecule has 0 amide bonds. The number of unbranched alkanes of at least 4 members (excludes halogenated alkanes) is 10. The molecular weight excluding hydrogens is 719 g/mol. The number of aliphatic hydroxyl groups excluding tert-OH is 2. The van der Waals surface area contributed by atoms with Crippen LogP contribution in [-0.4, -0.2) is 65.7 Å². The first kappa shape index (κ1) is 52.2. The topological polar surface area (TPSA) is 149 Å². The number of phosphoric acid groups is 1. The minimum atomic E-state index is -4.65. The first-order valence-electron chi connectivity index (χ1n) is 20.5. The van der Waals surface area contributed by atoms with Crippen LogP contribution in [-0.2, 0) is 32.7 Å². The van der Waals surface area contributed by atoms with Gasteiger partial charge in [-0.2, -0.15) is 0 Å². The zero-order valence-corrected chi connectivity index (χ0v) is 34.7. The van der Waals surface area contributed by atoms with Crippen molar-refractivity contribution in [1.82, 2.24) is 0 Å². The van der Waals surface area contributed by atoms with E-state index in [1.165, 1.54) is 44.9 Å². The average Bonchev–Trinajstić information content (AvgIpc) is 3.17. The lowest BCUT2D eigenvalue weighted by Crippen LogP contribution is -2.29. The van der Waals surface area contributed by atoms with Gasteiger partial charge in [0, 0.05) is 6.42 Å². The fraction of sp³-hybridized carbons (Fsp3) is 0.636. The molecule has 0 spiro atoms. The quantitative estimate of drug-likeness (QED) is 0.0240. The molecule has 0 aromatic heterocycles. The minimum absolute atomic E-state index is 0.0541. The Hall–Kier alpha value is -2.85. The molecule has 0 aliphatic rings. The number of carbonyl (C=O) groups is 2. The van der Waals surface area contributed by atoms with Crippen molar-refractivity contribution in [2.24, 2.45) is 0 Å². The average molecular weight is 793 g/mol. The number of esters is 2. The summed E-state index contributed by atoms with van der Waals surface area (Å²) < 4.78 is 32.5. The number of carbonyl (C=O) groups excluding carboxylic acids is 2. The molecule has 0 aromatic rings. The van der Waals surface area contributed by atoms with Gasteiger partial charge in [-0.3, -0.25) is 18.6 Å². The number of ether oxygens (including phenoxy) is 2. The third-order valence-corrected chi connectivity index (χ3v) is 9.02. The largest absolute Gasteiger partial charge is 0.472 e. The normalized spacial score (nSPS) is 14.8. The second kappa shape index (κ2) is 39.4. The van der Waals surface area contributed by atoms with Crippen LogP contribution < -0.4 is 0 Å². The Bertz CT molecular complexity index is 1190. The highest BCUT2D eigenvalue weighted by atomic mass is 31.2.